The summed E-state index contributed by atoms with van der Waals surface area (Å²) in [5.41, 5.74) is 0. The highest BCUT2D eigenvalue weighted by Crippen LogP contribution is 1.79. The molecule has 0 saturated carbocycles. The Labute approximate surface area is 78.0 Å². The third-order valence-electron chi connectivity index (χ3n) is 1.10. The quantitative estimate of drug-likeness (QED) is 0.461. The van der Waals surface area contributed by atoms with Crippen molar-refractivity contribution in [3.8, 4) is 0 Å². The summed E-state index contributed by atoms with van der Waals surface area (Å²) in [7, 11) is 0. The standard InChI is InChI=1S/C7H15NO3S/c1-2-10-5-6-11-4-3-8-7(9)12/h2-6H2,1H3,(H2,8,9,12). The molecule has 0 aromatic rings. The van der Waals surface area contributed by atoms with Crippen molar-refractivity contribution >= 4 is 17.9 Å². The molecule has 0 bridgehead atoms. The second-order valence-electron chi connectivity index (χ2n) is 2.04. The molecule has 1 amide bonds. The van der Waals surface area contributed by atoms with Gasteiger partial charge in [-0.05, 0) is 6.92 Å². The lowest BCUT2D eigenvalue weighted by Crippen LogP contribution is -2.22. The first kappa shape index (κ1) is 11.7. The molecule has 0 atom stereocenters. The predicted octanol–water partition coefficient (Wildman–Crippen LogP) is 0.679. The van der Waals surface area contributed by atoms with Gasteiger partial charge in [-0.3, -0.25) is 4.79 Å². The van der Waals surface area contributed by atoms with Gasteiger partial charge in [0.1, 0.15) is 0 Å². The molecule has 0 saturated heterocycles. The number of hydrogen-bond acceptors (Lipinski definition) is 3. The summed E-state index contributed by atoms with van der Waals surface area (Å²) in [6, 6.07) is 0. The van der Waals surface area contributed by atoms with Gasteiger partial charge in [-0.25, -0.2) is 0 Å². The summed E-state index contributed by atoms with van der Waals surface area (Å²) in [6.45, 7) is 4.80. The Bertz CT molecular complexity index is 121. The first-order valence-corrected chi connectivity index (χ1v) is 4.34. The lowest BCUT2D eigenvalue weighted by Gasteiger charge is -2.03. The first-order valence-electron chi connectivity index (χ1n) is 3.89. The smallest absolute Gasteiger partial charge is 0.276 e. The summed E-state index contributed by atoms with van der Waals surface area (Å²) in [5, 5.41) is 2.17. The minimum atomic E-state index is -0.330. The van der Waals surface area contributed by atoms with Gasteiger partial charge in [-0.1, -0.05) is 12.6 Å². The summed E-state index contributed by atoms with van der Waals surface area (Å²) in [4.78, 5) is 10.3. The van der Waals surface area contributed by atoms with E-state index in [0.29, 0.717) is 33.0 Å². The average Bonchev–Trinajstić information content (AvgIpc) is 2.02. The van der Waals surface area contributed by atoms with Crippen LogP contribution < -0.4 is 5.32 Å². The van der Waals surface area contributed by atoms with Crippen LogP contribution in [0, 0.1) is 0 Å². The largest absolute Gasteiger partial charge is 0.379 e. The van der Waals surface area contributed by atoms with Crippen LogP contribution in [0.15, 0.2) is 0 Å². The molecule has 0 fully saturated rings. The van der Waals surface area contributed by atoms with Gasteiger partial charge in [0, 0.05) is 13.2 Å². The molecule has 0 rings (SSSR count). The normalized spacial score (nSPS) is 9.83. The molecule has 0 aliphatic rings. The monoisotopic (exact) mass is 193 g/mol. The van der Waals surface area contributed by atoms with Crippen molar-refractivity contribution in [1.82, 2.24) is 5.32 Å². The van der Waals surface area contributed by atoms with Crippen LogP contribution in [0.3, 0.4) is 0 Å². The highest BCUT2D eigenvalue weighted by atomic mass is 32.1. The lowest BCUT2D eigenvalue weighted by molar-refractivity contribution is 0.0548. The SMILES string of the molecule is CCOCCOCCNC(=O)S. The zero-order valence-corrected chi connectivity index (χ0v) is 8.10. The van der Waals surface area contributed by atoms with Gasteiger partial charge < -0.3 is 14.8 Å². The van der Waals surface area contributed by atoms with Crippen LogP contribution in [-0.2, 0) is 9.47 Å². The number of amides is 1. The molecule has 0 aliphatic carbocycles. The first-order chi connectivity index (χ1) is 5.77. The number of carbonyl (C=O) groups is 1. The maximum Gasteiger partial charge on any atom is 0.276 e. The second kappa shape index (κ2) is 8.83. The highest BCUT2D eigenvalue weighted by Gasteiger charge is 1.91. The minimum Gasteiger partial charge on any atom is -0.379 e. The van der Waals surface area contributed by atoms with Crippen molar-refractivity contribution in [2.45, 2.75) is 6.92 Å². The van der Waals surface area contributed by atoms with Gasteiger partial charge in [0.05, 0.1) is 19.8 Å². The van der Waals surface area contributed by atoms with E-state index in [1.165, 1.54) is 0 Å². The van der Waals surface area contributed by atoms with Gasteiger partial charge in [0.15, 0.2) is 0 Å². The number of carbonyl (C=O) groups excluding carboxylic acids is 1. The summed E-state index contributed by atoms with van der Waals surface area (Å²) in [6.07, 6.45) is 0. The van der Waals surface area contributed by atoms with Crippen LogP contribution in [-0.4, -0.2) is 38.2 Å². The van der Waals surface area contributed by atoms with Gasteiger partial charge in [0.2, 0.25) is 0 Å². The molecule has 0 unspecified atom stereocenters. The Hall–Kier alpha value is -0.260. The zero-order chi connectivity index (χ0) is 9.23. The van der Waals surface area contributed by atoms with Crippen LogP contribution in [0.1, 0.15) is 6.92 Å². The number of ether oxygens (including phenoxy) is 2. The molecule has 0 aliphatic heterocycles. The molecule has 5 heteroatoms. The van der Waals surface area contributed by atoms with E-state index in [1.54, 1.807) is 0 Å². The third kappa shape index (κ3) is 9.74. The molecule has 4 nitrogen and oxygen atoms in total. The maximum absolute atomic E-state index is 10.3. The molecule has 0 aromatic carbocycles. The molecule has 0 aromatic heterocycles. The highest BCUT2D eigenvalue weighted by molar-refractivity contribution is 7.96. The Morgan fingerprint density at radius 1 is 1.33 bits per heavy atom. The topological polar surface area (TPSA) is 47.6 Å². The summed E-state index contributed by atoms with van der Waals surface area (Å²) >= 11 is 3.53. The Balaban J connectivity index is 2.86. The van der Waals surface area contributed by atoms with Crippen LogP contribution in [0.4, 0.5) is 4.79 Å². The van der Waals surface area contributed by atoms with Crippen LogP contribution in [0.2, 0.25) is 0 Å². The molecule has 72 valence electrons. The zero-order valence-electron chi connectivity index (χ0n) is 7.21. The van der Waals surface area contributed by atoms with Crippen molar-refractivity contribution < 1.29 is 14.3 Å². The van der Waals surface area contributed by atoms with Crippen molar-refractivity contribution in [1.29, 1.82) is 0 Å². The van der Waals surface area contributed by atoms with E-state index in [1.807, 2.05) is 6.92 Å². The van der Waals surface area contributed by atoms with Crippen LogP contribution in [0.25, 0.3) is 0 Å². The van der Waals surface area contributed by atoms with E-state index in [9.17, 15) is 4.79 Å². The number of hydrogen-bond donors (Lipinski definition) is 2. The predicted molar refractivity (Wildman–Crippen MR) is 49.7 cm³/mol. The second-order valence-corrected chi connectivity index (χ2v) is 2.45. The van der Waals surface area contributed by atoms with Crippen molar-refractivity contribution in [2.24, 2.45) is 0 Å². The molecule has 1 N–H and O–H groups in total. The molecule has 0 radical (unpaired) electrons. The third-order valence-corrected chi connectivity index (χ3v) is 1.26. The lowest BCUT2D eigenvalue weighted by atomic mass is 10.7. The maximum atomic E-state index is 10.3. The Kier molecular flexibility index (Phi) is 8.64. The van der Waals surface area contributed by atoms with E-state index in [-0.39, 0.29) is 5.24 Å². The van der Waals surface area contributed by atoms with E-state index in [2.05, 4.69) is 17.9 Å². The minimum absolute atomic E-state index is 0.330. The van der Waals surface area contributed by atoms with Gasteiger partial charge in [-0.2, -0.15) is 0 Å². The van der Waals surface area contributed by atoms with E-state index >= 15 is 0 Å². The van der Waals surface area contributed by atoms with E-state index in [4.69, 9.17) is 9.47 Å². The molecular formula is C7H15NO3S. The van der Waals surface area contributed by atoms with E-state index < -0.39 is 0 Å². The Morgan fingerprint density at radius 3 is 2.58 bits per heavy atom. The molecular weight excluding hydrogens is 178 g/mol. The molecule has 12 heavy (non-hydrogen) atoms. The number of thiol groups is 1. The van der Waals surface area contributed by atoms with Gasteiger partial charge in [-0.15, -0.1) is 0 Å². The van der Waals surface area contributed by atoms with Crippen molar-refractivity contribution in [2.75, 3.05) is 33.0 Å². The van der Waals surface area contributed by atoms with Gasteiger partial charge >= 0.3 is 0 Å². The fourth-order valence-corrected chi connectivity index (χ4v) is 0.706. The van der Waals surface area contributed by atoms with Crippen LogP contribution in [0.5, 0.6) is 0 Å². The fourth-order valence-electron chi connectivity index (χ4n) is 0.594. The van der Waals surface area contributed by atoms with Gasteiger partial charge in [0.25, 0.3) is 5.24 Å². The summed E-state index contributed by atoms with van der Waals surface area (Å²) < 4.78 is 10.1. The number of rotatable bonds is 7. The molecule has 0 heterocycles. The Morgan fingerprint density at radius 2 is 2.00 bits per heavy atom. The van der Waals surface area contributed by atoms with Crippen LogP contribution >= 0.6 is 12.6 Å². The van der Waals surface area contributed by atoms with Crippen molar-refractivity contribution in [3.63, 3.8) is 0 Å². The fraction of sp³-hybridized carbons (Fsp3) is 0.857. The average molecular weight is 193 g/mol. The summed E-state index contributed by atoms with van der Waals surface area (Å²) in [5.74, 6) is 0. The number of nitrogens with one attached hydrogen (secondary N) is 1. The molecule has 0 spiro atoms. The van der Waals surface area contributed by atoms with Crippen molar-refractivity contribution in [3.05, 3.63) is 0 Å². The van der Waals surface area contributed by atoms with E-state index in [0.717, 1.165) is 0 Å².